The highest BCUT2D eigenvalue weighted by molar-refractivity contribution is 6.10. The van der Waals surface area contributed by atoms with E-state index in [1.165, 1.54) is 22.9 Å². The number of aromatic nitrogens is 2. The van der Waals surface area contributed by atoms with Gasteiger partial charge in [-0.25, -0.2) is 9.07 Å². The van der Waals surface area contributed by atoms with E-state index >= 15 is 0 Å². The molecule has 2 aromatic carbocycles. The van der Waals surface area contributed by atoms with Crippen molar-refractivity contribution in [1.29, 1.82) is 0 Å². The van der Waals surface area contributed by atoms with Crippen molar-refractivity contribution in [3.05, 3.63) is 70.8 Å². The molecule has 5 rings (SSSR count). The Balaban J connectivity index is 1.57. The van der Waals surface area contributed by atoms with Gasteiger partial charge in [-0.3, -0.25) is 14.4 Å². The van der Waals surface area contributed by atoms with Crippen molar-refractivity contribution in [3.63, 3.8) is 0 Å². The molecule has 0 bridgehead atoms. The summed E-state index contributed by atoms with van der Waals surface area (Å²) >= 11 is 0. The molecular weight excluding hydrogens is 425 g/mol. The Labute approximate surface area is 189 Å². The van der Waals surface area contributed by atoms with E-state index in [2.05, 4.69) is 5.10 Å². The monoisotopic (exact) mass is 447 g/mol. The number of hydrogen-bond donors (Lipinski definition) is 1. The van der Waals surface area contributed by atoms with E-state index < -0.39 is 17.6 Å². The molecule has 0 spiro atoms. The first kappa shape index (κ1) is 20.9. The van der Waals surface area contributed by atoms with Gasteiger partial charge in [-0.05, 0) is 55.7 Å². The van der Waals surface area contributed by atoms with Gasteiger partial charge in [0.25, 0.3) is 11.8 Å². The topological polar surface area (TPSA) is 102 Å². The molecule has 2 N–H and O–H groups in total. The molecule has 8 nitrogen and oxygen atoms in total. The number of amides is 3. The molecule has 1 aromatic heterocycles. The second-order valence-corrected chi connectivity index (χ2v) is 8.23. The van der Waals surface area contributed by atoms with Crippen LogP contribution in [0.1, 0.15) is 44.9 Å². The maximum absolute atomic E-state index is 14.6. The number of nitrogens with zero attached hydrogens (tertiary/aromatic N) is 4. The highest BCUT2D eigenvalue weighted by atomic mass is 19.1. The van der Waals surface area contributed by atoms with Crippen LogP contribution in [0.2, 0.25) is 0 Å². The molecule has 0 atom stereocenters. The molecule has 2 aliphatic heterocycles. The van der Waals surface area contributed by atoms with Crippen LogP contribution in [0.3, 0.4) is 0 Å². The maximum atomic E-state index is 14.6. The number of halogens is 1. The van der Waals surface area contributed by atoms with E-state index in [1.54, 1.807) is 15.9 Å². The summed E-state index contributed by atoms with van der Waals surface area (Å²) in [5.41, 5.74) is 8.40. The third-order valence-electron chi connectivity index (χ3n) is 6.19. The SMILES string of the molecule is Cc1cc(N2CCCC2=O)ccc1N1CCc2c(C(N)=O)nn(-c3ccccc3F)c2C1=O. The summed E-state index contributed by atoms with van der Waals surface area (Å²) in [7, 11) is 0. The Bertz CT molecular complexity index is 1320. The fourth-order valence-corrected chi connectivity index (χ4v) is 4.62. The van der Waals surface area contributed by atoms with Crippen LogP contribution in [-0.2, 0) is 11.2 Å². The third kappa shape index (κ3) is 3.36. The van der Waals surface area contributed by atoms with Crippen LogP contribution in [0.25, 0.3) is 5.69 Å². The highest BCUT2D eigenvalue weighted by Crippen LogP contribution is 2.33. The van der Waals surface area contributed by atoms with Crippen LogP contribution in [0.5, 0.6) is 0 Å². The summed E-state index contributed by atoms with van der Waals surface area (Å²) in [5, 5.41) is 4.21. The lowest BCUT2D eigenvalue weighted by molar-refractivity contribution is -0.117. The van der Waals surface area contributed by atoms with Crippen LogP contribution in [0.4, 0.5) is 15.8 Å². The number of carbonyl (C=O) groups excluding carboxylic acids is 3. The maximum Gasteiger partial charge on any atom is 0.277 e. The summed E-state index contributed by atoms with van der Waals surface area (Å²) < 4.78 is 15.7. The minimum absolute atomic E-state index is 0.0270. The van der Waals surface area contributed by atoms with E-state index in [-0.39, 0.29) is 23.0 Å². The van der Waals surface area contributed by atoms with Gasteiger partial charge >= 0.3 is 0 Å². The number of aryl methyl sites for hydroxylation is 1. The van der Waals surface area contributed by atoms with Gasteiger partial charge in [-0.1, -0.05) is 12.1 Å². The van der Waals surface area contributed by atoms with E-state index in [9.17, 15) is 18.8 Å². The average molecular weight is 447 g/mol. The molecule has 33 heavy (non-hydrogen) atoms. The summed E-state index contributed by atoms with van der Waals surface area (Å²) in [6.07, 6.45) is 1.71. The van der Waals surface area contributed by atoms with E-state index in [1.807, 2.05) is 25.1 Å². The van der Waals surface area contributed by atoms with Crippen LogP contribution >= 0.6 is 0 Å². The van der Waals surface area contributed by atoms with Crippen molar-refractivity contribution in [2.24, 2.45) is 5.73 Å². The number of carbonyl (C=O) groups is 3. The molecule has 168 valence electrons. The number of para-hydroxylation sites is 1. The number of hydrogen-bond acceptors (Lipinski definition) is 4. The lowest BCUT2D eigenvalue weighted by Gasteiger charge is -2.29. The van der Waals surface area contributed by atoms with Crippen molar-refractivity contribution >= 4 is 29.1 Å². The van der Waals surface area contributed by atoms with Crippen molar-refractivity contribution in [2.75, 3.05) is 22.9 Å². The number of primary amides is 1. The lowest BCUT2D eigenvalue weighted by atomic mass is 10.0. The molecule has 9 heteroatoms. The van der Waals surface area contributed by atoms with Gasteiger partial charge < -0.3 is 15.5 Å². The number of anilines is 2. The number of fused-ring (bicyclic) bond motifs is 1. The summed E-state index contributed by atoms with van der Waals surface area (Å²) in [6, 6.07) is 11.5. The van der Waals surface area contributed by atoms with Gasteiger partial charge in [-0.15, -0.1) is 0 Å². The quantitative estimate of drug-likeness (QED) is 0.664. The van der Waals surface area contributed by atoms with Crippen LogP contribution in [-0.4, -0.2) is 40.6 Å². The zero-order chi connectivity index (χ0) is 23.3. The first-order valence-corrected chi connectivity index (χ1v) is 10.8. The molecule has 0 radical (unpaired) electrons. The Hall–Kier alpha value is -4.01. The van der Waals surface area contributed by atoms with E-state index in [0.717, 1.165) is 17.7 Å². The highest BCUT2D eigenvalue weighted by Gasteiger charge is 2.35. The number of rotatable bonds is 4. The smallest absolute Gasteiger partial charge is 0.277 e. The molecule has 0 saturated carbocycles. The van der Waals surface area contributed by atoms with Crippen molar-refractivity contribution in [1.82, 2.24) is 9.78 Å². The standard InChI is InChI=1S/C24H22FN5O3/c1-14-13-15(28-11-4-7-20(28)31)8-9-18(14)29-12-10-16-21(23(26)32)27-30(22(16)24(29)33)19-6-3-2-5-17(19)25/h2-3,5-6,8-9,13H,4,7,10-12H2,1H3,(H2,26,32). The normalized spacial score (nSPS) is 15.8. The van der Waals surface area contributed by atoms with Crippen LogP contribution < -0.4 is 15.5 Å². The average Bonchev–Trinajstić information content (AvgIpc) is 3.39. The third-order valence-corrected chi connectivity index (χ3v) is 6.19. The van der Waals surface area contributed by atoms with Gasteiger partial charge in [0.05, 0.1) is 0 Å². The molecule has 1 saturated heterocycles. The van der Waals surface area contributed by atoms with Crippen LogP contribution in [0, 0.1) is 12.7 Å². The largest absolute Gasteiger partial charge is 0.364 e. The second kappa shape index (κ2) is 7.84. The first-order valence-electron chi connectivity index (χ1n) is 10.8. The Morgan fingerprint density at radius 3 is 2.48 bits per heavy atom. The Kier molecular flexibility index (Phi) is 4.96. The van der Waals surface area contributed by atoms with Gasteiger partial charge in [0, 0.05) is 36.4 Å². The van der Waals surface area contributed by atoms with E-state index in [0.29, 0.717) is 37.2 Å². The van der Waals surface area contributed by atoms with Gasteiger partial charge in [0.15, 0.2) is 5.69 Å². The van der Waals surface area contributed by atoms with Crippen molar-refractivity contribution in [3.8, 4) is 5.69 Å². The minimum atomic E-state index is -0.765. The Morgan fingerprint density at radius 1 is 1.03 bits per heavy atom. The summed E-state index contributed by atoms with van der Waals surface area (Å²) in [4.78, 5) is 41.1. The predicted octanol–water partition coefficient (Wildman–Crippen LogP) is 2.75. The van der Waals surface area contributed by atoms with Gasteiger partial charge in [0.1, 0.15) is 17.2 Å². The molecule has 1 fully saturated rings. The molecule has 3 heterocycles. The number of benzene rings is 2. The van der Waals surface area contributed by atoms with Gasteiger partial charge in [0.2, 0.25) is 5.91 Å². The minimum Gasteiger partial charge on any atom is -0.364 e. The zero-order valence-electron chi connectivity index (χ0n) is 18.0. The predicted molar refractivity (Wildman–Crippen MR) is 120 cm³/mol. The molecule has 0 aliphatic carbocycles. The summed E-state index contributed by atoms with van der Waals surface area (Å²) in [5.74, 6) is -1.64. The fraction of sp³-hybridized carbons (Fsp3) is 0.250. The summed E-state index contributed by atoms with van der Waals surface area (Å²) in [6.45, 7) is 2.88. The van der Waals surface area contributed by atoms with E-state index in [4.69, 9.17) is 5.73 Å². The molecule has 2 aliphatic rings. The fourth-order valence-electron chi connectivity index (χ4n) is 4.62. The molecule has 0 unspecified atom stereocenters. The van der Waals surface area contributed by atoms with Gasteiger partial charge in [-0.2, -0.15) is 5.10 Å². The molecule has 3 amide bonds. The molecular formula is C24H22FN5O3. The van der Waals surface area contributed by atoms with Crippen LogP contribution in [0.15, 0.2) is 42.5 Å². The van der Waals surface area contributed by atoms with Crippen molar-refractivity contribution in [2.45, 2.75) is 26.2 Å². The lowest BCUT2D eigenvalue weighted by Crippen LogP contribution is -2.39. The van der Waals surface area contributed by atoms with Crippen molar-refractivity contribution < 1.29 is 18.8 Å². The first-order chi connectivity index (χ1) is 15.9. The second-order valence-electron chi connectivity index (χ2n) is 8.23. The molecule has 3 aromatic rings. The zero-order valence-corrected chi connectivity index (χ0v) is 18.0. The Morgan fingerprint density at radius 2 is 1.82 bits per heavy atom. The number of nitrogens with two attached hydrogens (primary N) is 1.